The molecule has 1 aliphatic rings. The summed E-state index contributed by atoms with van der Waals surface area (Å²) in [4.78, 5) is 13.9. The average Bonchev–Trinajstić information content (AvgIpc) is 2.28. The fraction of sp³-hybridized carbons (Fsp3) is 0.909. The first-order valence-electron chi connectivity index (χ1n) is 5.64. The van der Waals surface area contributed by atoms with Gasteiger partial charge in [0.25, 0.3) is 0 Å². The first-order chi connectivity index (χ1) is 7.19. The van der Waals surface area contributed by atoms with Gasteiger partial charge in [-0.25, -0.2) is 0 Å². The Labute approximate surface area is 92.0 Å². The molecule has 4 heteroatoms. The van der Waals surface area contributed by atoms with Crippen molar-refractivity contribution in [1.29, 1.82) is 0 Å². The SMILES string of the molecule is CNC1CCCN(C(=O)C(C)COC)C1. The van der Waals surface area contributed by atoms with Crippen LogP contribution in [0.1, 0.15) is 19.8 Å². The van der Waals surface area contributed by atoms with Crippen molar-refractivity contribution in [2.75, 3.05) is 33.9 Å². The van der Waals surface area contributed by atoms with E-state index in [9.17, 15) is 4.79 Å². The lowest BCUT2D eigenvalue weighted by atomic mass is 10.0. The van der Waals surface area contributed by atoms with Crippen LogP contribution in [-0.4, -0.2) is 50.7 Å². The van der Waals surface area contributed by atoms with Crippen molar-refractivity contribution in [2.45, 2.75) is 25.8 Å². The molecule has 1 N–H and O–H groups in total. The topological polar surface area (TPSA) is 41.6 Å². The van der Waals surface area contributed by atoms with Crippen LogP contribution in [0.3, 0.4) is 0 Å². The summed E-state index contributed by atoms with van der Waals surface area (Å²) in [5.74, 6) is 0.197. The van der Waals surface area contributed by atoms with Crippen LogP contribution in [0.2, 0.25) is 0 Å². The summed E-state index contributed by atoms with van der Waals surface area (Å²) in [7, 11) is 3.59. The Morgan fingerprint density at radius 1 is 1.67 bits per heavy atom. The van der Waals surface area contributed by atoms with Crippen LogP contribution in [0.25, 0.3) is 0 Å². The largest absolute Gasteiger partial charge is 0.384 e. The number of likely N-dealkylation sites (N-methyl/N-ethyl adjacent to an activating group) is 1. The number of rotatable bonds is 4. The van der Waals surface area contributed by atoms with Gasteiger partial charge in [0.2, 0.25) is 5.91 Å². The van der Waals surface area contributed by atoms with Crippen LogP contribution in [0.15, 0.2) is 0 Å². The monoisotopic (exact) mass is 214 g/mol. The van der Waals surface area contributed by atoms with E-state index in [1.807, 2.05) is 18.9 Å². The average molecular weight is 214 g/mol. The van der Waals surface area contributed by atoms with E-state index in [-0.39, 0.29) is 11.8 Å². The fourth-order valence-electron chi connectivity index (χ4n) is 2.05. The summed E-state index contributed by atoms with van der Waals surface area (Å²) in [6.45, 7) is 4.17. The Morgan fingerprint density at radius 3 is 3.00 bits per heavy atom. The van der Waals surface area contributed by atoms with Gasteiger partial charge in [0.15, 0.2) is 0 Å². The van der Waals surface area contributed by atoms with Crippen molar-refractivity contribution < 1.29 is 9.53 Å². The lowest BCUT2D eigenvalue weighted by Gasteiger charge is -2.34. The van der Waals surface area contributed by atoms with E-state index in [0.29, 0.717) is 12.6 Å². The maximum Gasteiger partial charge on any atom is 0.227 e. The zero-order chi connectivity index (χ0) is 11.3. The molecule has 1 saturated heterocycles. The van der Waals surface area contributed by atoms with E-state index in [0.717, 1.165) is 19.5 Å². The number of likely N-dealkylation sites (tertiary alicyclic amines) is 1. The molecule has 0 aromatic heterocycles. The molecule has 0 aliphatic carbocycles. The second-order valence-electron chi connectivity index (χ2n) is 4.27. The fourth-order valence-corrected chi connectivity index (χ4v) is 2.05. The predicted octanol–water partition coefficient (Wildman–Crippen LogP) is 0.479. The van der Waals surface area contributed by atoms with Gasteiger partial charge in [-0.3, -0.25) is 4.79 Å². The number of ether oxygens (including phenoxy) is 1. The third-order valence-corrected chi connectivity index (χ3v) is 2.98. The molecule has 4 nitrogen and oxygen atoms in total. The van der Waals surface area contributed by atoms with Gasteiger partial charge >= 0.3 is 0 Å². The number of hydrogen-bond donors (Lipinski definition) is 1. The molecule has 1 heterocycles. The highest BCUT2D eigenvalue weighted by molar-refractivity contribution is 5.78. The van der Waals surface area contributed by atoms with Gasteiger partial charge in [0.05, 0.1) is 12.5 Å². The summed E-state index contributed by atoms with van der Waals surface area (Å²) in [5.41, 5.74) is 0. The summed E-state index contributed by atoms with van der Waals surface area (Å²) in [6, 6.07) is 0.456. The van der Waals surface area contributed by atoms with Crippen molar-refractivity contribution in [3.63, 3.8) is 0 Å². The molecule has 0 aromatic carbocycles. The van der Waals surface area contributed by atoms with E-state index < -0.39 is 0 Å². The lowest BCUT2D eigenvalue weighted by molar-refractivity contribution is -0.137. The third-order valence-electron chi connectivity index (χ3n) is 2.98. The molecule has 0 radical (unpaired) electrons. The molecule has 15 heavy (non-hydrogen) atoms. The molecule has 0 bridgehead atoms. The predicted molar refractivity (Wildman–Crippen MR) is 59.7 cm³/mol. The molecule has 1 rings (SSSR count). The Bertz CT molecular complexity index is 209. The van der Waals surface area contributed by atoms with Gasteiger partial charge in [-0.05, 0) is 19.9 Å². The Balaban J connectivity index is 2.44. The van der Waals surface area contributed by atoms with Crippen molar-refractivity contribution in [1.82, 2.24) is 10.2 Å². The number of nitrogens with zero attached hydrogens (tertiary/aromatic N) is 1. The van der Waals surface area contributed by atoms with Crippen LogP contribution in [-0.2, 0) is 9.53 Å². The first-order valence-corrected chi connectivity index (χ1v) is 5.64. The van der Waals surface area contributed by atoms with Crippen LogP contribution < -0.4 is 5.32 Å². The zero-order valence-corrected chi connectivity index (χ0v) is 9.95. The number of nitrogens with one attached hydrogen (secondary N) is 1. The molecule has 88 valence electrons. The van der Waals surface area contributed by atoms with E-state index >= 15 is 0 Å². The van der Waals surface area contributed by atoms with Crippen LogP contribution in [0, 0.1) is 5.92 Å². The van der Waals surface area contributed by atoms with E-state index in [4.69, 9.17) is 4.74 Å². The number of hydrogen-bond acceptors (Lipinski definition) is 3. The Kier molecular flexibility index (Phi) is 5.05. The number of carbonyl (C=O) groups excluding carboxylic acids is 1. The molecule has 0 spiro atoms. The number of amides is 1. The molecule has 1 aliphatic heterocycles. The maximum absolute atomic E-state index is 12.0. The van der Waals surface area contributed by atoms with Gasteiger partial charge in [-0.2, -0.15) is 0 Å². The standard InChI is InChI=1S/C11H22N2O2/c1-9(8-15-3)11(14)13-6-4-5-10(7-13)12-2/h9-10,12H,4-8H2,1-3H3. The van der Waals surface area contributed by atoms with Crippen molar-refractivity contribution in [3.05, 3.63) is 0 Å². The minimum Gasteiger partial charge on any atom is -0.384 e. The second kappa shape index (κ2) is 6.08. The summed E-state index contributed by atoms with van der Waals surface area (Å²) in [6.07, 6.45) is 2.26. The van der Waals surface area contributed by atoms with Crippen LogP contribution in [0.4, 0.5) is 0 Å². The van der Waals surface area contributed by atoms with Gasteiger partial charge in [0, 0.05) is 26.2 Å². The lowest BCUT2D eigenvalue weighted by Crippen LogP contribution is -2.48. The van der Waals surface area contributed by atoms with E-state index in [2.05, 4.69) is 5.32 Å². The molecule has 0 saturated carbocycles. The summed E-state index contributed by atoms with van der Waals surface area (Å²) < 4.78 is 5.01. The Morgan fingerprint density at radius 2 is 2.40 bits per heavy atom. The maximum atomic E-state index is 12.0. The quantitative estimate of drug-likeness (QED) is 0.740. The van der Waals surface area contributed by atoms with Crippen molar-refractivity contribution in [3.8, 4) is 0 Å². The smallest absolute Gasteiger partial charge is 0.227 e. The minimum atomic E-state index is -0.0226. The molecule has 2 unspecified atom stereocenters. The highest BCUT2D eigenvalue weighted by atomic mass is 16.5. The second-order valence-corrected chi connectivity index (χ2v) is 4.27. The Hall–Kier alpha value is -0.610. The van der Waals surface area contributed by atoms with Crippen LogP contribution >= 0.6 is 0 Å². The molecule has 1 fully saturated rings. The van der Waals surface area contributed by atoms with Crippen LogP contribution in [0.5, 0.6) is 0 Å². The molecule has 0 aromatic rings. The normalized spacial score (nSPS) is 23.9. The third kappa shape index (κ3) is 3.47. The highest BCUT2D eigenvalue weighted by Gasteiger charge is 2.25. The van der Waals surface area contributed by atoms with Gasteiger partial charge in [-0.15, -0.1) is 0 Å². The first kappa shape index (κ1) is 12.5. The van der Waals surface area contributed by atoms with Crippen molar-refractivity contribution >= 4 is 5.91 Å². The highest BCUT2D eigenvalue weighted by Crippen LogP contribution is 2.13. The van der Waals surface area contributed by atoms with Crippen molar-refractivity contribution in [2.24, 2.45) is 5.92 Å². The van der Waals surface area contributed by atoms with Gasteiger partial charge < -0.3 is 15.0 Å². The number of piperidine rings is 1. The van der Waals surface area contributed by atoms with E-state index in [1.54, 1.807) is 7.11 Å². The summed E-state index contributed by atoms with van der Waals surface area (Å²) in [5, 5.41) is 3.23. The molecule has 1 amide bonds. The number of carbonyl (C=O) groups is 1. The molecular weight excluding hydrogens is 192 g/mol. The van der Waals surface area contributed by atoms with Gasteiger partial charge in [0.1, 0.15) is 0 Å². The van der Waals surface area contributed by atoms with Gasteiger partial charge in [-0.1, -0.05) is 6.92 Å². The molecule has 2 atom stereocenters. The summed E-state index contributed by atoms with van der Waals surface area (Å²) >= 11 is 0. The van der Waals surface area contributed by atoms with E-state index in [1.165, 1.54) is 6.42 Å². The molecular formula is C11H22N2O2. The number of methoxy groups -OCH3 is 1. The minimum absolute atomic E-state index is 0.0226. The zero-order valence-electron chi connectivity index (χ0n) is 9.95.